The zero-order valence-electron chi connectivity index (χ0n) is 15.0. The molecule has 2 aromatic heterocycles. The summed E-state index contributed by atoms with van der Waals surface area (Å²) in [7, 11) is 2.20. The van der Waals surface area contributed by atoms with E-state index in [2.05, 4.69) is 52.8 Å². The van der Waals surface area contributed by atoms with Crippen LogP contribution in [0.3, 0.4) is 0 Å². The van der Waals surface area contributed by atoms with Crippen LogP contribution in [0.4, 0.5) is 0 Å². The molecule has 0 aromatic carbocycles. The Bertz CT molecular complexity index is 617. The Balaban J connectivity index is 1.73. The molecule has 130 valence electrons. The summed E-state index contributed by atoms with van der Waals surface area (Å²) in [6.07, 6.45) is 7.97. The lowest BCUT2D eigenvalue weighted by Crippen LogP contribution is -2.43. The second kappa shape index (κ2) is 7.90. The lowest BCUT2D eigenvalue weighted by atomic mass is 10.0. The van der Waals surface area contributed by atoms with Crippen LogP contribution in [0.25, 0.3) is 0 Å². The van der Waals surface area contributed by atoms with Gasteiger partial charge in [0.1, 0.15) is 6.26 Å². The monoisotopic (exact) mass is 328 g/mol. The molecule has 2 aromatic rings. The molecule has 0 aliphatic carbocycles. The number of rotatable bonds is 6. The average molecular weight is 328 g/mol. The van der Waals surface area contributed by atoms with Crippen molar-refractivity contribution in [1.29, 1.82) is 0 Å². The quantitative estimate of drug-likeness (QED) is 0.814. The number of piperidine rings is 1. The van der Waals surface area contributed by atoms with Crippen LogP contribution in [0, 0.1) is 0 Å². The van der Waals surface area contributed by atoms with Crippen LogP contribution < -0.4 is 0 Å². The van der Waals surface area contributed by atoms with Gasteiger partial charge in [-0.25, -0.2) is 4.98 Å². The zero-order valence-corrected chi connectivity index (χ0v) is 15.0. The number of nitrogens with zero attached hydrogens (tertiary/aromatic N) is 4. The number of hydrogen-bond acceptors (Lipinski definition) is 5. The maximum Gasteiger partial charge on any atom is 0.196 e. The summed E-state index contributed by atoms with van der Waals surface area (Å²) < 4.78 is 5.63. The minimum Gasteiger partial charge on any atom is -0.448 e. The van der Waals surface area contributed by atoms with Crippen molar-refractivity contribution in [3.05, 3.63) is 47.9 Å². The molecule has 0 saturated carbocycles. The third-order valence-electron chi connectivity index (χ3n) is 4.77. The first kappa shape index (κ1) is 17.1. The lowest BCUT2D eigenvalue weighted by Gasteiger charge is -2.37. The summed E-state index contributed by atoms with van der Waals surface area (Å²) in [5.41, 5.74) is 2.34. The van der Waals surface area contributed by atoms with Gasteiger partial charge in [-0.2, -0.15) is 0 Å². The molecule has 0 unspecified atom stereocenters. The van der Waals surface area contributed by atoms with Crippen molar-refractivity contribution in [3.8, 4) is 0 Å². The maximum atomic E-state index is 5.63. The standard InChI is InChI=1S/C19H28N4O/c1-15(2)19-21-17(14-24-19)13-23(12-16-4-8-20-9-5-16)18-6-10-22(3)11-7-18/h4-5,8-9,14-15,18H,6-7,10-13H2,1-3H3. The predicted octanol–water partition coefficient (Wildman–Crippen LogP) is 3.29. The molecular formula is C19H28N4O. The molecule has 1 fully saturated rings. The second-order valence-electron chi connectivity index (χ2n) is 7.13. The van der Waals surface area contributed by atoms with E-state index in [4.69, 9.17) is 4.42 Å². The second-order valence-corrected chi connectivity index (χ2v) is 7.13. The number of aromatic nitrogens is 2. The highest BCUT2D eigenvalue weighted by Gasteiger charge is 2.24. The van der Waals surface area contributed by atoms with Gasteiger partial charge in [0.25, 0.3) is 0 Å². The Morgan fingerprint density at radius 2 is 1.92 bits per heavy atom. The fraction of sp³-hybridized carbons (Fsp3) is 0.579. The highest BCUT2D eigenvalue weighted by Crippen LogP contribution is 2.22. The van der Waals surface area contributed by atoms with E-state index in [1.165, 1.54) is 18.4 Å². The Morgan fingerprint density at radius 1 is 1.21 bits per heavy atom. The minimum absolute atomic E-state index is 0.329. The molecule has 3 rings (SSSR count). The molecule has 1 saturated heterocycles. The first-order valence-corrected chi connectivity index (χ1v) is 8.87. The summed E-state index contributed by atoms with van der Waals surface area (Å²) in [5.74, 6) is 1.16. The maximum absolute atomic E-state index is 5.63. The van der Waals surface area contributed by atoms with E-state index < -0.39 is 0 Å². The van der Waals surface area contributed by atoms with E-state index in [9.17, 15) is 0 Å². The van der Waals surface area contributed by atoms with Gasteiger partial charge in [0.15, 0.2) is 5.89 Å². The summed E-state index contributed by atoms with van der Waals surface area (Å²) in [4.78, 5) is 13.8. The molecule has 5 heteroatoms. The summed E-state index contributed by atoms with van der Waals surface area (Å²) in [6, 6.07) is 4.79. The SMILES string of the molecule is CC(C)c1nc(CN(Cc2ccncc2)C2CCN(C)CC2)co1. The molecule has 0 amide bonds. The smallest absolute Gasteiger partial charge is 0.196 e. The van der Waals surface area contributed by atoms with Gasteiger partial charge in [0, 0.05) is 37.4 Å². The van der Waals surface area contributed by atoms with Crippen molar-refractivity contribution in [3.63, 3.8) is 0 Å². The molecule has 0 spiro atoms. The van der Waals surface area contributed by atoms with Crippen molar-refractivity contribution in [2.75, 3.05) is 20.1 Å². The number of likely N-dealkylation sites (tertiary alicyclic amines) is 1. The first-order chi connectivity index (χ1) is 11.6. The summed E-state index contributed by atoms with van der Waals surface area (Å²) >= 11 is 0. The first-order valence-electron chi connectivity index (χ1n) is 8.87. The lowest BCUT2D eigenvalue weighted by molar-refractivity contribution is 0.107. The fourth-order valence-corrected chi connectivity index (χ4v) is 3.27. The number of hydrogen-bond donors (Lipinski definition) is 0. The normalized spacial score (nSPS) is 17.0. The molecule has 3 heterocycles. The van der Waals surface area contributed by atoms with Crippen LogP contribution in [0.15, 0.2) is 35.2 Å². The minimum atomic E-state index is 0.329. The summed E-state index contributed by atoms with van der Waals surface area (Å²) in [6.45, 7) is 8.32. The van der Waals surface area contributed by atoms with Gasteiger partial charge >= 0.3 is 0 Å². The molecule has 0 radical (unpaired) electrons. The van der Waals surface area contributed by atoms with Crippen LogP contribution in [-0.2, 0) is 13.1 Å². The van der Waals surface area contributed by atoms with Gasteiger partial charge in [0.05, 0.1) is 5.69 Å². The van der Waals surface area contributed by atoms with E-state index in [0.717, 1.165) is 37.8 Å². The Kier molecular flexibility index (Phi) is 5.63. The predicted molar refractivity (Wildman–Crippen MR) is 94.6 cm³/mol. The topological polar surface area (TPSA) is 45.4 Å². The van der Waals surface area contributed by atoms with Crippen LogP contribution in [0.1, 0.15) is 49.8 Å². The fourth-order valence-electron chi connectivity index (χ4n) is 3.27. The van der Waals surface area contributed by atoms with E-state index in [1.807, 2.05) is 18.7 Å². The van der Waals surface area contributed by atoms with Crippen LogP contribution in [0.5, 0.6) is 0 Å². The molecule has 5 nitrogen and oxygen atoms in total. The third-order valence-corrected chi connectivity index (χ3v) is 4.77. The largest absolute Gasteiger partial charge is 0.448 e. The Morgan fingerprint density at radius 3 is 2.54 bits per heavy atom. The van der Waals surface area contributed by atoms with Gasteiger partial charge in [0.2, 0.25) is 0 Å². The Hall–Kier alpha value is -1.72. The molecule has 1 aliphatic heterocycles. The molecule has 1 aliphatic rings. The average Bonchev–Trinajstić information content (AvgIpc) is 3.05. The van der Waals surface area contributed by atoms with Crippen molar-refractivity contribution < 1.29 is 4.42 Å². The van der Waals surface area contributed by atoms with Crippen LogP contribution in [-0.4, -0.2) is 45.9 Å². The van der Waals surface area contributed by atoms with Gasteiger partial charge in [-0.05, 0) is 50.7 Å². The van der Waals surface area contributed by atoms with Gasteiger partial charge in [-0.3, -0.25) is 9.88 Å². The molecular weight excluding hydrogens is 300 g/mol. The highest BCUT2D eigenvalue weighted by molar-refractivity contribution is 5.10. The van der Waals surface area contributed by atoms with Crippen molar-refractivity contribution in [2.24, 2.45) is 0 Å². The van der Waals surface area contributed by atoms with Crippen molar-refractivity contribution >= 4 is 0 Å². The molecule has 0 atom stereocenters. The van der Waals surface area contributed by atoms with E-state index in [0.29, 0.717) is 12.0 Å². The van der Waals surface area contributed by atoms with E-state index in [1.54, 1.807) is 0 Å². The van der Waals surface area contributed by atoms with Crippen LogP contribution in [0.2, 0.25) is 0 Å². The van der Waals surface area contributed by atoms with E-state index >= 15 is 0 Å². The van der Waals surface area contributed by atoms with Gasteiger partial charge < -0.3 is 9.32 Å². The third kappa shape index (κ3) is 4.42. The molecule has 0 N–H and O–H groups in total. The van der Waals surface area contributed by atoms with E-state index in [-0.39, 0.29) is 0 Å². The number of pyridine rings is 1. The molecule has 0 bridgehead atoms. The zero-order chi connectivity index (χ0) is 16.9. The van der Waals surface area contributed by atoms with Gasteiger partial charge in [-0.1, -0.05) is 13.8 Å². The Labute approximate surface area is 144 Å². The van der Waals surface area contributed by atoms with Crippen molar-refractivity contribution in [1.82, 2.24) is 19.8 Å². The van der Waals surface area contributed by atoms with Crippen LogP contribution >= 0.6 is 0 Å². The summed E-state index contributed by atoms with van der Waals surface area (Å²) in [5, 5.41) is 0. The highest BCUT2D eigenvalue weighted by atomic mass is 16.3. The van der Waals surface area contributed by atoms with Crippen molar-refractivity contribution in [2.45, 2.75) is 51.7 Å². The molecule has 24 heavy (non-hydrogen) atoms. The van der Waals surface area contributed by atoms with Gasteiger partial charge in [-0.15, -0.1) is 0 Å². The number of oxazole rings is 1.